The zero-order valence-corrected chi connectivity index (χ0v) is 24.9. The van der Waals surface area contributed by atoms with Gasteiger partial charge in [-0.3, -0.25) is 4.79 Å². The highest BCUT2D eigenvalue weighted by Crippen LogP contribution is 2.21. The van der Waals surface area contributed by atoms with Crippen LogP contribution in [0, 0.1) is 0 Å². The summed E-state index contributed by atoms with van der Waals surface area (Å²) in [4.78, 5) is 14.2. The number of thiazole rings is 1. The Bertz CT molecular complexity index is 991. The molecule has 0 unspecified atom stereocenters. The number of carbonyl (C=O) groups is 1. The van der Waals surface area contributed by atoms with Crippen LogP contribution >= 0.6 is 11.3 Å². The Hall–Kier alpha value is -2.18. The molecule has 3 aromatic rings. The molecule has 1 amide bonds. The van der Waals surface area contributed by atoms with E-state index >= 15 is 0 Å². The van der Waals surface area contributed by atoms with Gasteiger partial charge < -0.3 is 26.6 Å². The molecule has 0 spiro atoms. The van der Waals surface area contributed by atoms with E-state index in [0.29, 0.717) is 6.54 Å². The van der Waals surface area contributed by atoms with Gasteiger partial charge in [0.05, 0.1) is 18.5 Å². The first-order chi connectivity index (χ1) is 17.7. The van der Waals surface area contributed by atoms with E-state index < -0.39 is 0 Å². The molecule has 0 fully saturated rings. The lowest BCUT2D eigenvalue weighted by Crippen LogP contribution is -3.00. The fourth-order valence-electron chi connectivity index (χ4n) is 4.38. The van der Waals surface area contributed by atoms with Crippen LogP contribution in [0.1, 0.15) is 89.2 Å². The second-order valence-electron chi connectivity index (χ2n) is 9.64. The maximum atomic E-state index is 12.4. The topological polar surface area (TPSA) is 33.4 Å². The number of rotatable bonds is 17. The number of hydrogen-bond acceptors (Lipinski definition) is 3. The molecule has 0 aliphatic rings. The normalized spacial score (nSPS) is 10.6. The van der Waals surface area contributed by atoms with Crippen LogP contribution in [0.5, 0.6) is 5.75 Å². The number of hydrogen-bond donors (Lipinski definition) is 0. The number of nitrogens with zero attached hydrogens (tertiary/aromatic N) is 2. The molecule has 37 heavy (non-hydrogen) atoms. The monoisotopic (exact) mass is 586 g/mol. The molecule has 0 bridgehead atoms. The molecule has 0 aliphatic carbocycles. The summed E-state index contributed by atoms with van der Waals surface area (Å²) in [6.07, 6.45) is 15.4. The highest BCUT2D eigenvalue weighted by Gasteiger charge is 2.13. The predicted octanol–water partition coefficient (Wildman–Crippen LogP) is 4.94. The molecule has 0 radical (unpaired) electrons. The summed E-state index contributed by atoms with van der Waals surface area (Å²) >= 11 is 1.69. The van der Waals surface area contributed by atoms with E-state index in [4.69, 9.17) is 4.74 Å². The van der Waals surface area contributed by atoms with Crippen molar-refractivity contribution in [2.75, 3.05) is 11.5 Å². The Morgan fingerprint density at radius 3 is 2.00 bits per heavy atom. The second-order valence-corrected chi connectivity index (χ2v) is 10.4. The molecular formula is C31H43BrN2O2S. The third kappa shape index (κ3) is 11.8. The van der Waals surface area contributed by atoms with Gasteiger partial charge in [0.25, 0.3) is 0 Å². The third-order valence-corrected chi connectivity index (χ3v) is 7.22. The molecule has 4 nitrogen and oxygen atoms in total. The number of ether oxygens (including phenoxy) is 1. The lowest BCUT2D eigenvalue weighted by atomic mass is 10.1. The molecule has 2 aromatic carbocycles. The Balaban J connectivity index is 0.00000481. The van der Waals surface area contributed by atoms with Crippen molar-refractivity contribution in [2.24, 2.45) is 0 Å². The van der Waals surface area contributed by atoms with Crippen molar-refractivity contribution in [3.63, 3.8) is 0 Å². The molecule has 0 N–H and O–H groups in total. The summed E-state index contributed by atoms with van der Waals surface area (Å²) < 4.78 is 8.10. The van der Waals surface area contributed by atoms with E-state index in [1.165, 1.54) is 63.4 Å². The van der Waals surface area contributed by atoms with Gasteiger partial charge >= 0.3 is 0 Å². The zero-order valence-electron chi connectivity index (χ0n) is 22.5. The van der Waals surface area contributed by atoms with Crippen molar-refractivity contribution in [1.82, 2.24) is 0 Å². The van der Waals surface area contributed by atoms with Gasteiger partial charge in [0.1, 0.15) is 5.75 Å². The highest BCUT2D eigenvalue weighted by atomic mass is 79.9. The minimum atomic E-state index is 0. The average Bonchev–Trinajstić information content (AvgIpc) is 3.40. The van der Waals surface area contributed by atoms with Crippen LogP contribution in [0.4, 0.5) is 5.69 Å². The maximum Gasteiger partial charge on any atom is 0.224 e. The summed E-state index contributed by atoms with van der Waals surface area (Å²) in [7, 11) is 0. The maximum absolute atomic E-state index is 12.4. The molecule has 0 saturated heterocycles. The van der Waals surface area contributed by atoms with Crippen molar-refractivity contribution < 1.29 is 31.1 Å². The fourth-order valence-corrected chi connectivity index (χ4v) is 4.98. The van der Waals surface area contributed by atoms with Crippen molar-refractivity contribution >= 4 is 22.9 Å². The lowest BCUT2D eigenvalue weighted by Gasteiger charge is -2.21. The molecule has 0 saturated carbocycles. The third-order valence-electron chi connectivity index (χ3n) is 6.55. The summed E-state index contributed by atoms with van der Waals surface area (Å²) in [5.41, 5.74) is 5.33. The quantitative estimate of drug-likeness (QED) is 0.166. The summed E-state index contributed by atoms with van der Waals surface area (Å²) in [5.74, 6) is 0.940. The molecule has 1 aromatic heterocycles. The predicted molar refractivity (Wildman–Crippen MR) is 151 cm³/mol. The standard InChI is InChI=1S/C31H43N2O2S.BrH/c1-3-4-5-6-7-8-9-10-11-12-22-35-31-19-15-29(16-20-31)25-33(27(2)34)30-17-13-28(14-18-30)24-32-21-23-36-26-32;/h13-21,23,26H,3-12,22,24-25H2,1-2H3;1H/q+1;/p-1. The minimum absolute atomic E-state index is 0. The molecule has 0 atom stereocenters. The Kier molecular flexibility index (Phi) is 15.2. The van der Waals surface area contributed by atoms with Gasteiger partial charge in [-0.2, -0.15) is 4.57 Å². The SMILES string of the molecule is CCCCCCCCCCCCOc1ccc(CN(C(C)=O)c2ccc(C[n+]3ccsc3)cc2)cc1.[Br-]. The number of aromatic nitrogens is 1. The number of carbonyl (C=O) groups excluding carboxylic acids is 1. The van der Waals surface area contributed by atoms with Gasteiger partial charge in [0.15, 0.2) is 12.7 Å². The molecule has 202 valence electrons. The van der Waals surface area contributed by atoms with Gasteiger partial charge in [-0.05, 0) is 36.2 Å². The molecule has 3 rings (SSSR count). The first-order valence-electron chi connectivity index (χ1n) is 13.7. The van der Waals surface area contributed by atoms with Crippen LogP contribution in [0.25, 0.3) is 0 Å². The first-order valence-corrected chi connectivity index (χ1v) is 14.6. The van der Waals surface area contributed by atoms with Gasteiger partial charge in [0, 0.05) is 18.2 Å². The highest BCUT2D eigenvalue weighted by molar-refractivity contribution is 7.07. The van der Waals surface area contributed by atoms with Crippen LogP contribution in [-0.2, 0) is 17.9 Å². The van der Waals surface area contributed by atoms with Crippen LogP contribution in [-0.4, -0.2) is 12.5 Å². The van der Waals surface area contributed by atoms with Crippen LogP contribution in [0.3, 0.4) is 0 Å². The summed E-state index contributed by atoms with van der Waals surface area (Å²) in [6.45, 7) is 6.05. The number of unbranched alkanes of at least 4 members (excludes halogenated alkanes) is 9. The Labute approximate surface area is 238 Å². The lowest BCUT2D eigenvalue weighted by molar-refractivity contribution is -0.683. The van der Waals surface area contributed by atoms with Crippen molar-refractivity contribution in [3.05, 3.63) is 76.7 Å². The van der Waals surface area contributed by atoms with Crippen LogP contribution in [0.2, 0.25) is 0 Å². The Morgan fingerprint density at radius 1 is 0.838 bits per heavy atom. The van der Waals surface area contributed by atoms with Gasteiger partial charge in [-0.25, -0.2) is 0 Å². The van der Waals surface area contributed by atoms with Gasteiger partial charge in [-0.1, -0.05) is 100 Å². The van der Waals surface area contributed by atoms with E-state index in [9.17, 15) is 4.79 Å². The van der Waals surface area contributed by atoms with Crippen molar-refractivity contribution in [2.45, 2.75) is 91.1 Å². The number of halogens is 1. The molecule has 1 heterocycles. The fraction of sp³-hybridized carbons (Fsp3) is 0.484. The van der Waals surface area contributed by atoms with E-state index in [1.54, 1.807) is 18.3 Å². The van der Waals surface area contributed by atoms with Gasteiger partial charge in [0.2, 0.25) is 11.4 Å². The number of benzene rings is 2. The van der Waals surface area contributed by atoms with Crippen molar-refractivity contribution in [3.8, 4) is 5.75 Å². The van der Waals surface area contributed by atoms with Crippen LogP contribution < -0.4 is 31.2 Å². The largest absolute Gasteiger partial charge is 1.00 e. The van der Waals surface area contributed by atoms with Crippen LogP contribution in [0.15, 0.2) is 65.6 Å². The van der Waals surface area contributed by atoms with Gasteiger partial charge in [-0.15, -0.1) is 0 Å². The molecule has 0 aliphatic heterocycles. The Morgan fingerprint density at radius 2 is 1.43 bits per heavy atom. The molecular weight excluding hydrogens is 544 g/mol. The molecule has 6 heteroatoms. The van der Waals surface area contributed by atoms with E-state index in [-0.39, 0.29) is 22.9 Å². The first kappa shape index (κ1) is 31.0. The van der Waals surface area contributed by atoms with E-state index in [1.807, 2.05) is 29.2 Å². The summed E-state index contributed by atoms with van der Waals surface area (Å²) in [5, 5.41) is 2.07. The summed E-state index contributed by atoms with van der Waals surface area (Å²) in [6, 6.07) is 16.4. The zero-order chi connectivity index (χ0) is 25.4. The van der Waals surface area contributed by atoms with E-state index in [0.717, 1.165) is 36.6 Å². The second kappa shape index (κ2) is 18.1. The minimum Gasteiger partial charge on any atom is -1.00 e. The average molecular weight is 588 g/mol. The number of anilines is 1. The smallest absolute Gasteiger partial charge is 0.224 e. The van der Waals surface area contributed by atoms with Crippen molar-refractivity contribution in [1.29, 1.82) is 0 Å². The van der Waals surface area contributed by atoms with E-state index in [2.05, 4.69) is 52.8 Å². The number of amides is 1.